The van der Waals surface area contributed by atoms with E-state index in [1.54, 1.807) is 0 Å². The number of rotatable bonds is 4. The molecular weight excluding hydrogens is 232 g/mol. The van der Waals surface area contributed by atoms with E-state index < -0.39 is 0 Å². The fourth-order valence-corrected chi connectivity index (χ4v) is 3.75. The molecule has 1 fully saturated rings. The fourth-order valence-electron chi connectivity index (χ4n) is 3.75. The number of hydrogen-bond donors (Lipinski definition) is 1. The quantitative estimate of drug-likeness (QED) is 0.882. The molecule has 104 valence electrons. The number of pyridine rings is 1. The summed E-state index contributed by atoms with van der Waals surface area (Å²) in [6, 6.07) is 4.83. The van der Waals surface area contributed by atoms with Crippen molar-refractivity contribution in [2.75, 3.05) is 6.54 Å². The van der Waals surface area contributed by atoms with Crippen molar-refractivity contribution in [2.45, 2.75) is 63.8 Å². The lowest BCUT2D eigenvalue weighted by Gasteiger charge is -2.27. The fraction of sp³-hybridized carbons (Fsp3) is 0.706. The summed E-state index contributed by atoms with van der Waals surface area (Å²) in [5.41, 5.74) is 2.78. The first-order valence-corrected chi connectivity index (χ1v) is 8.10. The van der Waals surface area contributed by atoms with Crippen LogP contribution in [0.25, 0.3) is 0 Å². The van der Waals surface area contributed by atoms with Gasteiger partial charge in [-0.25, -0.2) is 0 Å². The lowest BCUT2D eigenvalue weighted by molar-refractivity contribution is 0.322. The number of fused-ring (bicyclic) bond motifs is 1. The zero-order chi connectivity index (χ0) is 12.9. The molecule has 3 rings (SSSR count). The summed E-state index contributed by atoms with van der Waals surface area (Å²) in [6.45, 7) is 1.17. The Morgan fingerprint density at radius 3 is 2.89 bits per heavy atom. The van der Waals surface area contributed by atoms with Gasteiger partial charge in [0.15, 0.2) is 0 Å². The Kier molecular flexibility index (Phi) is 4.49. The first-order chi connectivity index (χ1) is 9.43. The lowest BCUT2D eigenvalue weighted by atomic mass is 9.86. The van der Waals surface area contributed by atoms with Crippen LogP contribution in [0.15, 0.2) is 18.3 Å². The third-order valence-corrected chi connectivity index (χ3v) is 4.86. The maximum atomic E-state index is 4.60. The number of aromatic nitrogens is 1. The van der Waals surface area contributed by atoms with E-state index in [0.29, 0.717) is 6.04 Å². The van der Waals surface area contributed by atoms with Crippen LogP contribution < -0.4 is 5.32 Å². The monoisotopic (exact) mass is 258 g/mol. The van der Waals surface area contributed by atoms with Crippen molar-refractivity contribution < 1.29 is 0 Å². The van der Waals surface area contributed by atoms with Crippen molar-refractivity contribution >= 4 is 0 Å². The van der Waals surface area contributed by atoms with Crippen LogP contribution in [-0.4, -0.2) is 11.5 Å². The summed E-state index contributed by atoms with van der Waals surface area (Å²) >= 11 is 0. The van der Waals surface area contributed by atoms with Crippen molar-refractivity contribution in [2.24, 2.45) is 5.92 Å². The molecule has 0 aromatic carbocycles. The number of nitrogens with zero attached hydrogens (tertiary/aromatic N) is 1. The van der Waals surface area contributed by atoms with E-state index in [9.17, 15) is 0 Å². The molecule has 2 nitrogen and oxygen atoms in total. The molecule has 0 bridgehead atoms. The third-order valence-electron chi connectivity index (χ3n) is 4.86. The van der Waals surface area contributed by atoms with Gasteiger partial charge >= 0.3 is 0 Å². The van der Waals surface area contributed by atoms with Crippen molar-refractivity contribution in [1.82, 2.24) is 10.3 Å². The van der Waals surface area contributed by atoms with Gasteiger partial charge in [-0.2, -0.15) is 0 Å². The van der Waals surface area contributed by atoms with E-state index >= 15 is 0 Å². The van der Waals surface area contributed by atoms with Crippen LogP contribution >= 0.6 is 0 Å². The normalized spacial score (nSPS) is 24.1. The molecule has 0 spiro atoms. The van der Waals surface area contributed by atoms with Gasteiger partial charge in [0.1, 0.15) is 0 Å². The largest absolute Gasteiger partial charge is 0.309 e. The summed E-state index contributed by atoms with van der Waals surface area (Å²) < 4.78 is 0. The standard InChI is InChI=1S/C17H26N2/c1-2-6-14(7-3-1)11-13-18-16-10-4-8-15-9-5-12-19-17(15)16/h5,9,12,14,16,18H,1-4,6-8,10-11,13H2. The Labute approximate surface area is 117 Å². The van der Waals surface area contributed by atoms with E-state index in [1.165, 1.54) is 75.6 Å². The molecule has 19 heavy (non-hydrogen) atoms. The van der Waals surface area contributed by atoms with Crippen LogP contribution in [0, 0.1) is 5.92 Å². The van der Waals surface area contributed by atoms with Crippen molar-refractivity contribution in [1.29, 1.82) is 0 Å². The van der Waals surface area contributed by atoms with Gasteiger partial charge in [0.25, 0.3) is 0 Å². The van der Waals surface area contributed by atoms with Crippen molar-refractivity contribution in [3.8, 4) is 0 Å². The molecule has 0 aliphatic heterocycles. The molecule has 1 heterocycles. The number of aryl methyl sites for hydroxylation is 1. The van der Waals surface area contributed by atoms with Gasteiger partial charge in [-0.3, -0.25) is 4.98 Å². The minimum Gasteiger partial charge on any atom is -0.309 e. The molecule has 0 saturated heterocycles. The number of hydrogen-bond acceptors (Lipinski definition) is 2. The predicted octanol–water partition coefficient (Wildman–Crippen LogP) is 4.02. The van der Waals surface area contributed by atoms with E-state index in [0.717, 1.165) is 5.92 Å². The molecule has 0 radical (unpaired) electrons. The highest BCUT2D eigenvalue weighted by Gasteiger charge is 2.21. The minimum atomic E-state index is 0.508. The maximum absolute atomic E-state index is 4.60. The van der Waals surface area contributed by atoms with Gasteiger partial charge in [-0.15, -0.1) is 0 Å². The van der Waals surface area contributed by atoms with Crippen LogP contribution in [-0.2, 0) is 6.42 Å². The van der Waals surface area contributed by atoms with Gasteiger partial charge in [-0.05, 0) is 49.8 Å². The summed E-state index contributed by atoms with van der Waals surface area (Å²) in [7, 11) is 0. The van der Waals surface area contributed by atoms with Gasteiger partial charge in [0.05, 0.1) is 5.69 Å². The summed E-state index contributed by atoms with van der Waals surface area (Å²) in [5.74, 6) is 0.980. The van der Waals surface area contributed by atoms with Gasteiger partial charge in [0, 0.05) is 12.2 Å². The van der Waals surface area contributed by atoms with E-state index in [-0.39, 0.29) is 0 Å². The zero-order valence-electron chi connectivity index (χ0n) is 11.9. The topological polar surface area (TPSA) is 24.9 Å². The molecule has 1 unspecified atom stereocenters. The molecule has 1 aromatic heterocycles. The first-order valence-electron chi connectivity index (χ1n) is 8.10. The van der Waals surface area contributed by atoms with Crippen molar-refractivity contribution in [3.63, 3.8) is 0 Å². The highest BCUT2D eigenvalue weighted by Crippen LogP contribution is 2.29. The second kappa shape index (κ2) is 6.51. The smallest absolute Gasteiger partial charge is 0.0605 e. The Bertz CT molecular complexity index is 396. The molecule has 1 N–H and O–H groups in total. The Hall–Kier alpha value is -0.890. The Morgan fingerprint density at radius 1 is 1.11 bits per heavy atom. The number of nitrogens with one attached hydrogen (secondary N) is 1. The SMILES string of the molecule is c1cnc2c(c1)CCCC2NCCC1CCCCC1. The summed E-state index contributed by atoms with van der Waals surface area (Å²) in [5, 5.41) is 3.76. The van der Waals surface area contributed by atoms with E-state index in [1.807, 2.05) is 6.20 Å². The van der Waals surface area contributed by atoms with Crippen LogP contribution in [0.2, 0.25) is 0 Å². The molecule has 1 atom stereocenters. The summed E-state index contributed by atoms with van der Waals surface area (Å²) in [4.78, 5) is 4.60. The molecular formula is C17H26N2. The van der Waals surface area contributed by atoms with Crippen LogP contribution in [0.3, 0.4) is 0 Å². The average Bonchev–Trinajstić information content (AvgIpc) is 2.49. The first kappa shape index (κ1) is 13.1. The van der Waals surface area contributed by atoms with Crippen LogP contribution in [0.4, 0.5) is 0 Å². The Morgan fingerprint density at radius 2 is 2.00 bits per heavy atom. The minimum absolute atomic E-state index is 0.508. The highest BCUT2D eigenvalue weighted by molar-refractivity contribution is 5.25. The lowest BCUT2D eigenvalue weighted by Crippen LogP contribution is -2.28. The zero-order valence-corrected chi connectivity index (χ0v) is 11.9. The van der Waals surface area contributed by atoms with Crippen LogP contribution in [0.5, 0.6) is 0 Å². The van der Waals surface area contributed by atoms with Gasteiger partial charge in [0.2, 0.25) is 0 Å². The average molecular weight is 258 g/mol. The second-order valence-electron chi connectivity index (χ2n) is 6.24. The molecule has 2 heteroatoms. The van der Waals surface area contributed by atoms with E-state index in [4.69, 9.17) is 0 Å². The Balaban J connectivity index is 1.50. The molecule has 1 saturated carbocycles. The molecule has 2 aliphatic rings. The van der Waals surface area contributed by atoms with Gasteiger partial charge in [-0.1, -0.05) is 38.2 Å². The molecule has 1 aromatic rings. The maximum Gasteiger partial charge on any atom is 0.0605 e. The third kappa shape index (κ3) is 3.36. The van der Waals surface area contributed by atoms with Crippen LogP contribution in [0.1, 0.15) is 68.7 Å². The molecule has 2 aliphatic carbocycles. The predicted molar refractivity (Wildman–Crippen MR) is 79.1 cm³/mol. The highest BCUT2D eigenvalue weighted by atomic mass is 14.9. The van der Waals surface area contributed by atoms with Gasteiger partial charge < -0.3 is 5.32 Å². The van der Waals surface area contributed by atoms with E-state index in [2.05, 4.69) is 22.4 Å². The second-order valence-corrected chi connectivity index (χ2v) is 6.24. The molecule has 0 amide bonds. The van der Waals surface area contributed by atoms with Crippen molar-refractivity contribution in [3.05, 3.63) is 29.6 Å². The summed E-state index contributed by atoms with van der Waals surface area (Å²) in [6.07, 6.45) is 14.4.